The van der Waals surface area contributed by atoms with Crippen LogP contribution in [0, 0.1) is 0 Å². The molecule has 0 aliphatic carbocycles. The molecule has 66 valence electrons. The fourth-order valence-corrected chi connectivity index (χ4v) is 1.23. The molecule has 0 unspecified atom stereocenters. The third kappa shape index (κ3) is 2.18. The Morgan fingerprint density at radius 3 is 2.25 bits per heavy atom. The van der Waals surface area contributed by atoms with Crippen molar-refractivity contribution in [2.75, 3.05) is 17.8 Å². The van der Waals surface area contributed by atoms with E-state index in [1.165, 1.54) is 11.3 Å². The summed E-state index contributed by atoms with van der Waals surface area (Å²) in [6.45, 7) is 2.16. The van der Waals surface area contributed by atoms with Crippen molar-refractivity contribution in [3.05, 3.63) is 29.8 Å². The topological polar surface area (TPSA) is 3.24 Å². The first kappa shape index (κ1) is 9.46. The third-order valence-corrected chi connectivity index (χ3v) is 2.42. The van der Waals surface area contributed by atoms with Gasteiger partial charge in [0.15, 0.2) is 0 Å². The molecule has 0 N–H and O–H groups in total. The number of hydrogen-bond donors (Lipinski definition) is 1. The first-order valence-electron chi connectivity index (χ1n) is 4.19. The Kier molecular flexibility index (Phi) is 3.48. The van der Waals surface area contributed by atoms with Crippen LogP contribution in [-0.4, -0.2) is 12.9 Å². The van der Waals surface area contributed by atoms with Crippen molar-refractivity contribution >= 4 is 18.3 Å². The second kappa shape index (κ2) is 4.41. The fourth-order valence-electron chi connectivity index (χ4n) is 1.07. The van der Waals surface area contributed by atoms with Gasteiger partial charge in [-0.3, -0.25) is 0 Å². The molecule has 0 heterocycles. The lowest BCUT2D eigenvalue weighted by Gasteiger charge is -2.15. The molecule has 0 saturated carbocycles. The SMILES string of the molecule is CCc1ccc(N(C)CS)cc1. The number of nitrogens with zero attached hydrogens (tertiary/aromatic N) is 1. The first-order valence-corrected chi connectivity index (χ1v) is 4.82. The van der Waals surface area contributed by atoms with Gasteiger partial charge in [-0.15, -0.1) is 0 Å². The van der Waals surface area contributed by atoms with Crippen LogP contribution >= 0.6 is 12.6 Å². The van der Waals surface area contributed by atoms with E-state index >= 15 is 0 Å². The molecule has 0 amide bonds. The van der Waals surface area contributed by atoms with Crippen LogP contribution in [-0.2, 0) is 6.42 Å². The second-order valence-electron chi connectivity index (χ2n) is 2.86. The van der Waals surface area contributed by atoms with E-state index in [1.807, 2.05) is 7.05 Å². The van der Waals surface area contributed by atoms with Crippen molar-refractivity contribution in [1.29, 1.82) is 0 Å². The standard InChI is InChI=1S/C10H15NS/c1-3-9-4-6-10(7-5-9)11(2)8-12/h4-7,12H,3,8H2,1-2H3. The van der Waals surface area contributed by atoms with Crippen molar-refractivity contribution in [3.63, 3.8) is 0 Å². The minimum Gasteiger partial charge on any atom is -0.366 e. The van der Waals surface area contributed by atoms with Gasteiger partial charge in [-0.05, 0) is 24.1 Å². The summed E-state index contributed by atoms with van der Waals surface area (Å²) in [5.74, 6) is 0.755. The second-order valence-corrected chi connectivity index (χ2v) is 3.14. The van der Waals surface area contributed by atoms with E-state index in [9.17, 15) is 0 Å². The zero-order chi connectivity index (χ0) is 8.97. The van der Waals surface area contributed by atoms with Crippen LogP contribution in [0.1, 0.15) is 12.5 Å². The van der Waals surface area contributed by atoms with Crippen molar-refractivity contribution < 1.29 is 0 Å². The molecule has 0 saturated heterocycles. The van der Waals surface area contributed by atoms with E-state index in [2.05, 4.69) is 48.7 Å². The fraction of sp³-hybridized carbons (Fsp3) is 0.400. The van der Waals surface area contributed by atoms with Gasteiger partial charge in [0.1, 0.15) is 0 Å². The van der Waals surface area contributed by atoms with Gasteiger partial charge < -0.3 is 4.90 Å². The molecule has 0 fully saturated rings. The molecule has 0 radical (unpaired) electrons. The van der Waals surface area contributed by atoms with Crippen molar-refractivity contribution in [1.82, 2.24) is 0 Å². The van der Waals surface area contributed by atoms with Crippen LogP contribution in [0.25, 0.3) is 0 Å². The highest BCUT2D eigenvalue weighted by Crippen LogP contribution is 2.13. The molecule has 0 atom stereocenters. The van der Waals surface area contributed by atoms with E-state index in [4.69, 9.17) is 0 Å². The lowest BCUT2D eigenvalue weighted by atomic mass is 10.1. The molecule has 1 aromatic rings. The van der Waals surface area contributed by atoms with Gasteiger partial charge in [0.05, 0.1) is 5.88 Å². The Morgan fingerprint density at radius 2 is 1.83 bits per heavy atom. The maximum Gasteiger partial charge on any atom is 0.0606 e. The lowest BCUT2D eigenvalue weighted by Crippen LogP contribution is -2.13. The smallest absolute Gasteiger partial charge is 0.0606 e. The van der Waals surface area contributed by atoms with Gasteiger partial charge in [0.25, 0.3) is 0 Å². The Morgan fingerprint density at radius 1 is 1.25 bits per heavy atom. The number of aryl methyl sites for hydroxylation is 1. The number of rotatable bonds is 3. The lowest BCUT2D eigenvalue weighted by molar-refractivity contribution is 1.09. The molecule has 0 aliphatic heterocycles. The monoisotopic (exact) mass is 181 g/mol. The highest BCUT2D eigenvalue weighted by atomic mass is 32.1. The summed E-state index contributed by atoms with van der Waals surface area (Å²) in [6, 6.07) is 8.59. The van der Waals surface area contributed by atoms with Gasteiger partial charge in [0.2, 0.25) is 0 Å². The molecule has 0 spiro atoms. The summed E-state index contributed by atoms with van der Waals surface area (Å²) in [4.78, 5) is 2.10. The van der Waals surface area contributed by atoms with Crippen LogP contribution in [0.15, 0.2) is 24.3 Å². The highest BCUT2D eigenvalue weighted by Gasteiger charge is 1.96. The van der Waals surface area contributed by atoms with Crippen LogP contribution in [0.2, 0.25) is 0 Å². The Hall–Kier alpha value is -0.630. The Balaban J connectivity index is 2.77. The molecule has 1 rings (SSSR count). The minimum absolute atomic E-state index is 0.755. The van der Waals surface area contributed by atoms with Gasteiger partial charge in [-0.2, -0.15) is 12.6 Å². The van der Waals surface area contributed by atoms with E-state index in [0.717, 1.165) is 12.3 Å². The summed E-state index contributed by atoms with van der Waals surface area (Å²) >= 11 is 4.20. The number of thiol groups is 1. The van der Waals surface area contributed by atoms with E-state index in [1.54, 1.807) is 0 Å². The summed E-state index contributed by atoms with van der Waals surface area (Å²) in [5.41, 5.74) is 2.61. The van der Waals surface area contributed by atoms with E-state index in [0.29, 0.717) is 0 Å². The van der Waals surface area contributed by atoms with Gasteiger partial charge in [-0.1, -0.05) is 19.1 Å². The van der Waals surface area contributed by atoms with Crippen molar-refractivity contribution in [2.24, 2.45) is 0 Å². The van der Waals surface area contributed by atoms with Crippen molar-refractivity contribution in [3.8, 4) is 0 Å². The van der Waals surface area contributed by atoms with Crippen LogP contribution in [0.3, 0.4) is 0 Å². The summed E-state index contributed by atoms with van der Waals surface area (Å²) in [7, 11) is 2.04. The molecule has 0 bridgehead atoms. The molecule has 1 nitrogen and oxygen atoms in total. The predicted molar refractivity (Wildman–Crippen MR) is 58.1 cm³/mol. The highest BCUT2D eigenvalue weighted by molar-refractivity contribution is 7.80. The summed E-state index contributed by atoms with van der Waals surface area (Å²) < 4.78 is 0. The molecule has 0 aromatic heterocycles. The zero-order valence-corrected chi connectivity index (χ0v) is 8.51. The molecule has 1 aromatic carbocycles. The minimum atomic E-state index is 0.755. The quantitative estimate of drug-likeness (QED) is 0.554. The van der Waals surface area contributed by atoms with E-state index in [-0.39, 0.29) is 0 Å². The molecule has 2 heteroatoms. The third-order valence-electron chi connectivity index (χ3n) is 2.00. The van der Waals surface area contributed by atoms with Gasteiger partial charge in [-0.25, -0.2) is 0 Å². The van der Waals surface area contributed by atoms with Crippen LogP contribution < -0.4 is 4.90 Å². The Bertz CT molecular complexity index is 230. The average molecular weight is 181 g/mol. The number of hydrogen-bond acceptors (Lipinski definition) is 2. The molecular formula is C10H15NS. The molecular weight excluding hydrogens is 166 g/mol. The van der Waals surface area contributed by atoms with Gasteiger partial charge >= 0.3 is 0 Å². The zero-order valence-electron chi connectivity index (χ0n) is 7.62. The van der Waals surface area contributed by atoms with Gasteiger partial charge in [0, 0.05) is 12.7 Å². The first-order chi connectivity index (χ1) is 5.77. The van der Waals surface area contributed by atoms with Crippen LogP contribution in [0.4, 0.5) is 5.69 Å². The molecule has 0 aliphatic rings. The number of benzene rings is 1. The number of anilines is 1. The average Bonchev–Trinajstić information content (AvgIpc) is 2.17. The van der Waals surface area contributed by atoms with Crippen molar-refractivity contribution in [2.45, 2.75) is 13.3 Å². The van der Waals surface area contributed by atoms with E-state index < -0.39 is 0 Å². The van der Waals surface area contributed by atoms with Crippen LogP contribution in [0.5, 0.6) is 0 Å². The normalized spacial score (nSPS) is 9.92. The maximum absolute atomic E-state index is 4.20. The predicted octanol–water partition coefficient (Wildman–Crippen LogP) is 2.57. The molecule has 12 heavy (non-hydrogen) atoms. The summed E-state index contributed by atoms with van der Waals surface area (Å²) in [5, 5.41) is 0. The largest absolute Gasteiger partial charge is 0.366 e. The maximum atomic E-state index is 4.20. The Labute approximate surface area is 79.8 Å². The summed E-state index contributed by atoms with van der Waals surface area (Å²) in [6.07, 6.45) is 1.10.